The number of rotatable bonds is 5. The Morgan fingerprint density at radius 2 is 1.96 bits per heavy atom. The van der Waals surface area contributed by atoms with Crippen LogP contribution in [0.2, 0.25) is 0 Å². The minimum absolute atomic E-state index is 0.152. The van der Waals surface area contributed by atoms with Gasteiger partial charge < -0.3 is 10.1 Å². The van der Waals surface area contributed by atoms with Crippen LogP contribution in [-0.2, 0) is 14.8 Å². The molecule has 0 bridgehead atoms. The van der Waals surface area contributed by atoms with E-state index in [1.165, 1.54) is 10.4 Å². The van der Waals surface area contributed by atoms with E-state index >= 15 is 0 Å². The van der Waals surface area contributed by atoms with Gasteiger partial charge in [0.15, 0.2) is 0 Å². The van der Waals surface area contributed by atoms with Gasteiger partial charge >= 0.3 is 0 Å². The highest BCUT2D eigenvalue weighted by atomic mass is 32.2. The molecule has 0 atom stereocenters. The van der Waals surface area contributed by atoms with Gasteiger partial charge in [-0.1, -0.05) is 19.9 Å². The molecule has 0 aliphatic carbocycles. The molecule has 1 aromatic rings. The highest BCUT2D eigenvalue weighted by Crippen LogP contribution is 2.20. The lowest BCUT2D eigenvalue weighted by Gasteiger charge is -2.26. The normalized spacial score (nSPS) is 16.5. The smallest absolute Gasteiger partial charge is 0.251 e. The Morgan fingerprint density at radius 3 is 2.57 bits per heavy atom. The number of carbonyl (C=O) groups is 1. The molecule has 0 aromatic heterocycles. The molecule has 0 radical (unpaired) electrons. The Hall–Kier alpha value is -1.44. The third-order valence-electron chi connectivity index (χ3n) is 3.73. The molecular formula is C16H24N2O4S. The standard InChI is InChI=1S/C16H24N2O4S/c1-12(2)11-17-16(19)15-10-14(5-4-13(15)3)23(20,21)18-6-8-22-9-7-18/h4-5,10,12H,6-9,11H2,1-3H3,(H,17,19). The van der Waals surface area contributed by atoms with Crippen LogP contribution >= 0.6 is 0 Å². The number of benzene rings is 1. The van der Waals surface area contributed by atoms with Gasteiger partial charge in [-0.05, 0) is 30.5 Å². The monoisotopic (exact) mass is 340 g/mol. The van der Waals surface area contributed by atoms with E-state index in [-0.39, 0.29) is 10.8 Å². The second-order valence-corrected chi connectivity index (χ2v) is 8.03. The van der Waals surface area contributed by atoms with Crippen LogP contribution < -0.4 is 5.32 Å². The van der Waals surface area contributed by atoms with Crippen molar-refractivity contribution in [1.82, 2.24) is 9.62 Å². The van der Waals surface area contributed by atoms with Crippen LogP contribution in [0.3, 0.4) is 0 Å². The summed E-state index contributed by atoms with van der Waals surface area (Å²) in [5, 5.41) is 2.83. The summed E-state index contributed by atoms with van der Waals surface area (Å²) in [5.74, 6) is 0.0924. The number of nitrogens with one attached hydrogen (secondary N) is 1. The van der Waals surface area contributed by atoms with E-state index in [2.05, 4.69) is 5.32 Å². The third kappa shape index (κ3) is 4.31. The molecule has 1 amide bonds. The summed E-state index contributed by atoms with van der Waals surface area (Å²) < 4.78 is 32.0. The number of nitrogens with zero attached hydrogens (tertiary/aromatic N) is 1. The minimum Gasteiger partial charge on any atom is -0.379 e. The van der Waals surface area contributed by atoms with Gasteiger partial charge in [0.25, 0.3) is 5.91 Å². The largest absolute Gasteiger partial charge is 0.379 e. The second kappa shape index (κ2) is 7.42. The Kier molecular flexibility index (Phi) is 5.78. The van der Waals surface area contributed by atoms with E-state index < -0.39 is 10.0 Å². The first-order valence-corrected chi connectivity index (χ1v) is 9.23. The molecule has 0 spiro atoms. The summed E-state index contributed by atoms with van der Waals surface area (Å²) in [5.41, 5.74) is 1.16. The first kappa shape index (κ1) is 17.9. The van der Waals surface area contributed by atoms with E-state index in [1.807, 2.05) is 13.8 Å². The third-order valence-corrected chi connectivity index (χ3v) is 5.63. The van der Waals surface area contributed by atoms with Crippen LogP contribution in [0.1, 0.15) is 29.8 Å². The van der Waals surface area contributed by atoms with Gasteiger partial charge in [0.2, 0.25) is 10.0 Å². The number of aryl methyl sites for hydroxylation is 1. The lowest BCUT2D eigenvalue weighted by atomic mass is 10.1. The average Bonchev–Trinajstić information content (AvgIpc) is 2.53. The van der Waals surface area contributed by atoms with Crippen molar-refractivity contribution in [3.05, 3.63) is 29.3 Å². The number of hydrogen-bond donors (Lipinski definition) is 1. The number of carbonyl (C=O) groups excluding carboxylic acids is 1. The van der Waals surface area contributed by atoms with Crippen LogP contribution in [0.5, 0.6) is 0 Å². The summed E-state index contributed by atoms with van der Waals surface area (Å²) in [4.78, 5) is 12.4. The Bertz CT molecular complexity index is 665. The van der Waals surface area contributed by atoms with Crippen molar-refractivity contribution in [3.8, 4) is 0 Å². The number of amides is 1. The molecular weight excluding hydrogens is 316 g/mol. The highest BCUT2D eigenvalue weighted by molar-refractivity contribution is 7.89. The van der Waals surface area contributed by atoms with Crippen molar-refractivity contribution in [2.24, 2.45) is 5.92 Å². The molecule has 0 saturated carbocycles. The molecule has 128 valence electrons. The topological polar surface area (TPSA) is 75.7 Å². The fraction of sp³-hybridized carbons (Fsp3) is 0.562. The summed E-state index contributed by atoms with van der Waals surface area (Å²) in [7, 11) is -3.59. The number of sulfonamides is 1. The van der Waals surface area contributed by atoms with Crippen LogP contribution in [0.15, 0.2) is 23.1 Å². The Balaban J connectivity index is 2.27. The van der Waals surface area contributed by atoms with Crippen molar-refractivity contribution in [1.29, 1.82) is 0 Å². The summed E-state index contributed by atoms with van der Waals surface area (Å²) in [6.45, 7) is 7.84. The fourth-order valence-electron chi connectivity index (χ4n) is 2.33. The Labute approximate surface area is 137 Å². The zero-order valence-electron chi connectivity index (χ0n) is 13.8. The second-order valence-electron chi connectivity index (χ2n) is 6.10. The van der Waals surface area contributed by atoms with Crippen LogP contribution in [0.25, 0.3) is 0 Å². The van der Waals surface area contributed by atoms with E-state index in [4.69, 9.17) is 4.74 Å². The first-order chi connectivity index (χ1) is 10.8. The van der Waals surface area contributed by atoms with Crippen molar-refractivity contribution in [2.45, 2.75) is 25.7 Å². The molecule has 2 rings (SSSR count). The van der Waals surface area contributed by atoms with Gasteiger partial charge in [-0.25, -0.2) is 8.42 Å². The highest BCUT2D eigenvalue weighted by Gasteiger charge is 2.27. The van der Waals surface area contributed by atoms with E-state index in [1.54, 1.807) is 19.1 Å². The van der Waals surface area contributed by atoms with Crippen LogP contribution in [-0.4, -0.2) is 51.5 Å². The van der Waals surface area contributed by atoms with Gasteiger partial charge in [0.1, 0.15) is 0 Å². The predicted molar refractivity (Wildman–Crippen MR) is 87.9 cm³/mol. The van der Waals surface area contributed by atoms with E-state index in [0.717, 1.165) is 5.56 Å². The molecule has 7 heteroatoms. The molecule has 1 saturated heterocycles. The summed E-state index contributed by atoms with van der Waals surface area (Å²) in [6.07, 6.45) is 0. The van der Waals surface area contributed by atoms with Gasteiger partial charge in [0.05, 0.1) is 18.1 Å². The average molecular weight is 340 g/mol. The molecule has 1 heterocycles. The Morgan fingerprint density at radius 1 is 1.30 bits per heavy atom. The quantitative estimate of drug-likeness (QED) is 0.879. The number of ether oxygens (including phenoxy) is 1. The summed E-state index contributed by atoms with van der Waals surface area (Å²) in [6, 6.07) is 4.70. The first-order valence-electron chi connectivity index (χ1n) is 7.79. The molecule has 1 aromatic carbocycles. The van der Waals surface area contributed by atoms with E-state index in [0.29, 0.717) is 44.3 Å². The van der Waals surface area contributed by atoms with Gasteiger partial charge in [0, 0.05) is 25.2 Å². The zero-order valence-corrected chi connectivity index (χ0v) is 14.6. The molecule has 0 unspecified atom stereocenters. The lowest BCUT2D eigenvalue weighted by molar-refractivity contribution is 0.0730. The maximum Gasteiger partial charge on any atom is 0.251 e. The SMILES string of the molecule is Cc1ccc(S(=O)(=O)N2CCOCC2)cc1C(=O)NCC(C)C. The van der Waals surface area contributed by atoms with Crippen LogP contribution in [0, 0.1) is 12.8 Å². The van der Waals surface area contributed by atoms with Gasteiger partial charge in [-0.3, -0.25) is 4.79 Å². The van der Waals surface area contributed by atoms with Crippen LogP contribution in [0.4, 0.5) is 0 Å². The molecule has 23 heavy (non-hydrogen) atoms. The van der Waals surface area contributed by atoms with Gasteiger partial charge in [-0.15, -0.1) is 0 Å². The van der Waals surface area contributed by atoms with E-state index in [9.17, 15) is 13.2 Å². The molecule has 1 N–H and O–H groups in total. The van der Waals surface area contributed by atoms with Crippen molar-refractivity contribution in [3.63, 3.8) is 0 Å². The molecule has 1 fully saturated rings. The summed E-state index contributed by atoms with van der Waals surface area (Å²) >= 11 is 0. The number of hydrogen-bond acceptors (Lipinski definition) is 4. The maximum atomic E-state index is 12.7. The maximum absolute atomic E-state index is 12.7. The van der Waals surface area contributed by atoms with Crippen molar-refractivity contribution >= 4 is 15.9 Å². The zero-order chi connectivity index (χ0) is 17.0. The molecule has 1 aliphatic heterocycles. The van der Waals surface area contributed by atoms with Crippen molar-refractivity contribution in [2.75, 3.05) is 32.8 Å². The molecule has 6 nitrogen and oxygen atoms in total. The lowest BCUT2D eigenvalue weighted by Crippen LogP contribution is -2.40. The van der Waals surface area contributed by atoms with Crippen molar-refractivity contribution < 1.29 is 17.9 Å². The predicted octanol–water partition coefficient (Wildman–Crippen LogP) is 1.40. The minimum atomic E-state index is -3.59. The van der Waals surface area contributed by atoms with Gasteiger partial charge in [-0.2, -0.15) is 4.31 Å². The number of morpholine rings is 1. The fourth-order valence-corrected chi connectivity index (χ4v) is 3.77. The molecule has 1 aliphatic rings.